The van der Waals surface area contributed by atoms with Crippen LogP contribution in [0.3, 0.4) is 0 Å². The molecule has 2 aromatic carbocycles. The van der Waals surface area contributed by atoms with Crippen molar-refractivity contribution in [2.24, 2.45) is 0 Å². The number of carbonyl (C=O) groups excluding carboxylic acids is 4. The molecule has 2 spiro atoms. The van der Waals surface area contributed by atoms with Gasteiger partial charge in [-0.3, -0.25) is 20.2 Å². The van der Waals surface area contributed by atoms with Gasteiger partial charge in [-0.2, -0.15) is 0 Å². The lowest BCUT2D eigenvalue weighted by atomic mass is 9.83. The number of halogens is 4. The van der Waals surface area contributed by atoms with Crippen molar-refractivity contribution in [3.8, 4) is 0 Å². The van der Waals surface area contributed by atoms with Gasteiger partial charge in [0, 0.05) is 139 Å². The van der Waals surface area contributed by atoms with Crippen molar-refractivity contribution >= 4 is 35.6 Å². The molecule has 12 rings (SSSR count). The molecular weight excluding hydrogens is 1090 g/mol. The lowest BCUT2D eigenvalue weighted by Crippen LogP contribution is -2.50. The van der Waals surface area contributed by atoms with Gasteiger partial charge in [0.1, 0.15) is 45.7 Å². The van der Waals surface area contributed by atoms with Crippen molar-refractivity contribution in [2.75, 3.05) is 51.0 Å². The molecule has 444 valence electrons. The molecule has 0 bridgehead atoms. The van der Waals surface area contributed by atoms with Gasteiger partial charge in [0.15, 0.2) is 34.9 Å². The first-order valence-electron chi connectivity index (χ1n) is 28.6. The van der Waals surface area contributed by atoms with E-state index in [4.69, 9.17) is 18.9 Å². The maximum Gasteiger partial charge on any atom is 0.413 e. The van der Waals surface area contributed by atoms with Gasteiger partial charge in [-0.1, -0.05) is 24.3 Å². The van der Waals surface area contributed by atoms with Gasteiger partial charge < -0.3 is 37.9 Å². The van der Waals surface area contributed by atoms with Gasteiger partial charge in [0.2, 0.25) is 11.8 Å². The van der Waals surface area contributed by atoms with E-state index in [1.165, 1.54) is 12.1 Å². The maximum absolute atomic E-state index is 14.9. The normalized spacial score (nSPS) is 21.6. The van der Waals surface area contributed by atoms with Gasteiger partial charge in [-0.15, -0.1) is 20.4 Å². The summed E-state index contributed by atoms with van der Waals surface area (Å²) in [6.45, 7) is 9.84. The van der Waals surface area contributed by atoms with Crippen LogP contribution in [0.5, 0.6) is 0 Å². The Bertz CT molecular complexity index is 3260. The first kappa shape index (κ1) is 57.9. The number of nitrogens with one attached hydrogen (secondary N) is 2. The summed E-state index contributed by atoms with van der Waals surface area (Å²) in [7, 11) is 3.17. The fourth-order valence-electron chi connectivity index (χ4n) is 13.0. The monoisotopic (exact) mass is 1160 g/mol. The summed E-state index contributed by atoms with van der Waals surface area (Å²) in [6, 6.07) is 15.9. The van der Waals surface area contributed by atoms with Crippen molar-refractivity contribution in [3.05, 3.63) is 142 Å². The largest absolute Gasteiger partial charge is 0.437 e. The average Bonchev–Trinajstić information content (AvgIpc) is 3.95. The molecule has 2 saturated heterocycles. The van der Waals surface area contributed by atoms with Crippen molar-refractivity contribution in [2.45, 2.75) is 151 Å². The molecule has 0 radical (unpaired) electrons. The Morgan fingerprint density at radius 1 is 0.583 bits per heavy atom. The molecule has 0 unspecified atom stereocenters. The Morgan fingerprint density at radius 3 is 1.36 bits per heavy atom. The second-order valence-electron chi connectivity index (χ2n) is 23.6. The number of pyridine rings is 2. The van der Waals surface area contributed by atoms with E-state index in [9.17, 15) is 36.7 Å². The summed E-state index contributed by atoms with van der Waals surface area (Å²) >= 11 is 0. The summed E-state index contributed by atoms with van der Waals surface area (Å²) < 4.78 is 84.9. The number of hydrogen-bond acceptors (Lipinski definition) is 14. The van der Waals surface area contributed by atoms with Crippen LogP contribution in [0.4, 0.5) is 38.8 Å². The predicted molar refractivity (Wildman–Crippen MR) is 295 cm³/mol. The van der Waals surface area contributed by atoms with Gasteiger partial charge >= 0.3 is 12.2 Å². The quantitative estimate of drug-likeness (QED) is 0.122. The third-order valence-corrected chi connectivity index (χ3v) is 18.1. The first-order chi connectivity index (χ1) is 40.2. The van der Waals surface area contributed by atoms with Crippen LogP contribution in [0.1, 0.15) is 161 Å². The van der Waals surface area contributed by atoms with Crippen LogP contribution in [0.2, 0.25) is 0 Å². The minimum atomic E-state index is -0.884. The third-order valence-electron chi connectivity index (χ3n) is 18.1. The summed E-state index contributed by atoms with van der Waals surface area (Å²) in [4.78, 5) is 64.1. The van der Waals surface area contributed by atoms with Gasteiger partial charge in [0.25, 0.3) is 0 Å². The molecule has 6 aliphatic heterocycles. The number of nitrogens with zero attached hydrogens (tertiary/aromatic N) is 10. The minimum Gasteiger partial charge on any atom is -0.437 e. The zero-order valence-corrected chi connectivity index (χ0v) is 47.8. The molecular formula is C60H68F4N12O8. The fraction of sp³-hybridized carbons (Fsp3) is 0.500. The highest BCUT2D eigenvalue weighted by atomic mass is 19.2. The van der Waals surface area contributed by atoms with Crippen molar-refractivity contribution in [3.63, 3.8) is 0 Å². The number of rotatable bonds is 10. The van der Waals surface area contributed by atoms with E-state index < -0.39 is 57.9 Å². The lowest BCUT2D eigenvalue weighted by Gasteiger charge is -2.43. The highest BCUT2D eigenvalue weighted by Gasteiger charge is 2.48. The molecule has 2 N–H and O–H groups in total. The molecule has 4 aromatic heterocycles. The van der Waals surface area contributed by atoms with E-state index in [1.807, 2.05) is 61.1 Å². The van der Waals surface area contributed by atoms with Crippen LogP contribution in [0.15, 0.2) is 73.1 Å². The van der Waals surface area contributed by atoms with Crippen LogP contribution in [0.25, 0.3) is 0 Å². The van der Waals surface area contributed by atoms with Crippen molar-refractivity contribution in [1.82, 2.24) is 49.3 Å². The molecule has 6 aliphatic rings. The Labute approximate surface area is 483 Å². The van der Waals surface area contributed by atoms with E-state index in [-0.39, 0.29) is 48.3 Å². The zero-order chi connectivity index (χ0) is 59.3. The minimum absolute atomic E-state index is 0.0426. The standard InChI is InChI=1S/2C30H34F2N6O4/c2*1-29(2,41-3)27-36-35-26-18(9-10-19(17-38(26)27)20-6-4-8-22(31)24(20)32)16-23(39)37-14-11-30(12-15-37)21-7-5-13-33-25(21)34-28(40)42-30/h2*4-8,13,18-19H,9-12,14-17H2,1-3H3,(H,33,34,40)/t2*18-,19+/m10/s1. The molecule has 0 saturated carbocycles. The highest BCUT2D eigenvalue weighted by molar-refractivity contribution is 5.88. The number of ether oxygens (including phenoxy) is 4. The molecule has 10 heterocycles. The van der Waals surface area contributed by atoms with Gasteiger partial charge in [0.05, 0.1) is 0 Å². The van der Waals surface area contributed by atoms with Crippen molar-refractivity contribution < 1.29 is 55.7 Å². The average molecular weight is 1160 g/mol. The molecule has 4 atom stereocenters. The van der Waals surface area contributed by atoms with E-state index >= 15 is 0 Å². The number of carbonyl (C=O) groups is 4. The van der Waals surface area contributed by atoms with Crippen LogP contribution < -0.4 is 10.6 Å². The van der Waals surface area contributed by atoms with Crippen LogP contribution in [0, 0.1) is 23.3 Å². The topological polar surface area (TPSA) is 223 Å². The summed E-state index contributed by atoms with van der Waals surface area (Å²) in [5.74, 6) is -1.36. The summed E-state index contributed by atoms with van der Waals surface area (Å²) in [5, 5.41) is 23.2. The molecule has 20 nitrogen and oxygen atoms in total. The predicted octanol–water partition coefficient (Wildman–Crippen LogP) is 9.93. The molecule has 2 fully saturated rings. The Balaban J connectivity index is 0.000000175. The Morgan fingerprint density at radius 2 is 0.976 bits per heavy atom. The molecule has 24 heteroatoms. The lowest BCUT2D eigenvalue weighted by molar-refractivity contribution is -0.137. The number of aromatic nitrogens is 8. The number of hydrogen-bond donors (Lipinski definition) is 2. The van der Waals surface area contributed by atoms with Crippen LogP contribution >= 0.6 is 0 Å². The number of fused-ring (bicyclic) bond motifs is 6. The summed E-state index contributed by atoms with van der Waals surface area (Å²) in [6.07, 6.45) is 6.56. The van der Waals surface area contributed by atoms with Crippen molar-refractivity contribution in [1.29, 1.82) is 0 Å². The third kappa shape index (κ3) is 11.0. The number of anilines is 2. The number of methoxy groups -OCH3 is 2. The van der Waals surface area contributed by atoms with Gasteiger partial charge in [-0.25, -0.2) is 37.1 Å². The molecule has 84 heavy (non-hydrogen) atoms. The molecule has 6 aromatic rings. The van der Waals surface area contributed by atoms with E-state index in [0.29, 0.717) is 137 Å². The van der Waals surface area contributed by atoms with E-state index in [2.05, 4.69) is 41.0 Å². The van der Waals surface area contributed by atoms with Gasteiger partial charge in [-0.05, 0) is 101 Å². The van der Waals surface area contributed by atoms with E-state index in [0.717, 1.165) is 23.3 Å². The maximum atomic E-state index is 14.9. The SMILES string of the molecule is COC(C)(C)c1nnc2n1C[C@@H](c1cccc(F)c1F)CC[C@@H]2CC(=O)N1CCC2(CC1)OC(=O)Nc1ncccc12.COC(C)(C)c1nnc2n1C[C@H](c1cccc(F)c1F)CC[C@H]2CC(=O)N1CCC2(CC1)OC(=O)Nc1ncccc12. The Kier molecular flexibility index (Phi) is 15.8. The van der Waals surface area contributed by atoms with Crippen LogP contribution in [-0.4, -0.2) is 114 Å². The second-order valence-corrected chi connectivity index (χ2v) is 23.6. The van der Waals surface area contributed by atoms with E-state index in [1.54, 1.807) is 48.5 Å². The number of likely N-dealkylation sites (tertiary alicyclic amines) is 2. The summed E-state index contributed by atoms with van der Waals surface area (Å²) in [5.41, 5.74) is -0.982. The second kappa shape index (κ2) is 23.0. The Hall–Kier alpha value is -7.86. The van der Waals surface area contributed by atoms with Crippen LogP contribution in [-0.2, 0) is 64.0 Å². The zero-order valence-electron chi connectivity index (χ0n) is 47.8. The molecule has 4 amide bonds. The fourth-order valence-corrected chi connectivity index (χ4v) is 13.0. The highest BCUT2D eigenvalue weighted by Crippen LogP contribution is 2.46. The number of amides is 4. The first-order valence-corrected chi connectivity index (χ1v) is 28.6. The smallest absolute Gasteiger partial charge is 0.413 e. The molecule has 0 aliphatic carbocycles. The number of piperidine rings is 2. The number of benzene rings is 2.